The molecule has 0 fully saturated rings. The van der Waals surface area contributed by atoms with Gasteiger partial charge in [0, 0.05) is 19.8 Å². The molecule has 3 rings (SSSR count). The van der Waals surface area contributed by atoms with E-state index in [1.165, 1.54) is 36.3 Å². The number of halogens is 1. The number of amides is 1. The third-order valence-corrected chi connectivity index (χ3v) is 4.41. The second-order valence-electron chi connectivity index (χ2n) is 6.57. The highest BCUT2D eigenvalue weighted by atomic mass is 19.1. The van der Waals surface area contributed by atoms with Gasteiger partial charge >= 0.3 is 5.69 Å². The molecule has 0 aliphatic rings. The molecule has 0 unspecified atom stereocenters. The minimum Gasteiger partial charge on any atom is -0.383 e. The van der Waals surface area contributed by atoms with Gasteiger partial charge in [-0.05, 0) is 24.1 Å². The molecule has 0 saturated carbocycles. The fourth-order valence-corrected chi connectivity index (χ4v) is 2.90. The topological polar surface area (TPSA) is 117 Å². The highest BCUT2D eigenvalue weighted by Crippen LogP contribution is 2.12. The Balaban J connectivity index is 1.85. The Bertz CT molecular complexity index is 1180. The quantitative estimate of drug-likeness (QED) is 0.644. The highest BCUT2D eigenvalue weighted by Gasteiger charge is 2.18. The molecule has 0 saturated heterocycles. The van der Waals surface area contributed by atoms with Crippen LogP contribution in [0.4, 0.5) is 15.9 Å². The van der Waals surface area contributed by atoms with Crippen molar-refractivity contribution in [1.29, 1.82) is 0 Å². The van der Waals surface area contributed by atoms with Crippen LogP contribution in [0.15, 0.2) is 46.2 Å². The number of hydrogen-bond donors (Lipinski definition) is 2. The van der Waals surface area contributed by atoms with Crippen LogP contribution in [0.25, 0.3) is 0 Å². The van der Waals surface area contributed by atoms with Crippen LogP contribution in [-0.2, 0) is 20.1 Å². The molecule has 1 amide bonds. The monoisotopic (exact) mass is 400 g/mol. The van der Waals surface area contributed by atoms with Crippen molar-refractivity contribution in [3.05, 3.63) is 74.4 Å². The molecule has 152 valence electrons. The standard InChI is InChI=1S/C19H21FN6O3/c1-3-7-26-18(28)15(16(21)24(2)19(26)29)23-17(27)13-9-22-25(11-13)10-12-5-4-6-14(20)8-12/h4-6,8-9,11H,3,7,10,21H2,1-2H3,(H,23,27). The van der Waals surface area contributed by atoms with Crippen molar-refractivity contribution in [3.63, 3.8) is 0 Å². The number of anilines is 2. The minimum absolute atomic E-state index is 0.132. The Labute approximate surface area is 165 Å². The van der Waals surface area contributed by atoms with Crippen molar-refractivity contribution in [2.24, 2.45) is 7.05 Å². The Morgan fingerprint density at radius 1 is 1.31 bits per heavy atom. The first kappa shape index (κ1) is 20.1. The zero-order valence-corrected chi connectivity index (χ0v) is 16.1. The molecule has 0 spiro atoms. The summed E-state index contributed by atoms with van der Waals surface area (Å²) in [4.78, 5) is 37.4. The maximum atomic E-state index is 13.3. The second kappa shape index (κ2) is 8.13. The molecule has 9 nitrogen and oxygen atoms in total. The Morgan fingerprint density at radius 2 is 2.07 bits per heavy atom. The molecule has 10 heteroatoms. The van der Waals surface area contributed by atoms with E-state index < -0.39 is 17.2 Å². The molecule has 3 aromatic rings. The predicted molar refractivity (Wildman–Crippen MR) is 106 cm³/mol. The molecule has 2 aromatic heterocycles. The zero-order chi connectivity index (χ0) is 21.1. The molecule has 0 aliphatic heterocycles. The van der Waals surface area contributed by atoms with Gasteiger partial charge in [-0.15, -0.1) is 0 Å². The number of nitrogens with one attached hydrogen (secondary N) is 1. The zero-order valence-electron chi connectivity index (χ0n) is 16.1. The summed E-state index contributed by atoms with van der Waals surface area (Å²) in [6.07, 6.45) is 3.37. The normalized spacial score (nSPS) is 10.9. The van der Waals surface area contributed by atoms with Gasteiger partial charge in [0.2, 0.25) is 0 Å². The number of nitrogen functional groups attached to an aromatic ring is 1. The van der Waals surface area contributed by atoms with E-state index in [1.807, 2.05) is 6.92 Å². The molecule has 0 aliphatic carbocycles. The predicted octanol–water partition coefficient (Wildman–Crippen LogP) is 1.18. The van der Waals surface area contributed by atoms with E-state index in [0.717, 1.165) is 9.13 Å². The van der Waals surface area contributed by atoms with Crippen molar-refractivity contribution in [1.82, 2.24) is 18.9 Å². The fraction of sp³-hybridized carbons (Fsp3) is 0.263. The highest BCUT2D eigenvalue weighted by molar-refractivity contribution is 6.05. The number of aromatic nitrogens is 4. The van der Waals surface area contributed by atoms with Crippen molar-refractivity contribution < 1.29 is 9.18 Å². The van der Waals surface area contributed by atoms with Crippen molar-refractivity contribution in [2.45, 2.75) is 26.4 Å². The minimum atomic E-state index is -0.659. The van der Waals surface area contributed by atoms with Crippen molar-refractivity contribution in [3.8, 4) is 0 Å². The van der Waals surface area contributed by atoms with E-state index in [0.29, 0.717) is 12.0 Å². The largest absolute Gasteiger partial charge is 0.383 e. The first-order valence-electron chi connectivity index (χ1n) is 8.99. The van der Waals surface area contributed by atoms with E-state index in [9.17, 15) is 18.8 Å². The summed E-state index contributed by atoms with van der Waals surface area (Å²) in [5.74, 6) is -1.09. The Morgan fingerprint density at radius 3 is 2.76 bits per heavy atom. The summed E-state index contributed by atoms with van der Waals surface area (Å²) < 4.78 is 16.9. The van der Waals surface area contributed by atoms with E-state index in [2.05, 4.69) is 10.4 Å². The van der Waals surface area contributed by atoms with Gasteiger partial charge < -0.3 is 11.1 Å². The Kier molecular flexibility index (Phi) is 5.62. The molecular weight excluding hydrogens is 379 g/mol. The summed E-state index contributed by atoms with van der Waals surface area (Å²) in [6, 6.07) is 6.05. The van der Waals surface area contributed by atoms with Crippen LogP contribution in [0.3, 0.4) is 0 Å². The molecule has 3 N–H and O–H groups in total. The number of hydrogen-bond acceptors (Lipinski definition) is 5. The summed E-state index contributed by atoms with van der Waals surface area (Å²) in [6.45, 7) is 2.31. The van der Waals surface area contributed by atoms with Crippen LogP contribution in [0.5, 0.6) is 0 Å². The maximum Gasteiger partial charge on any atom is 0.332 e. The third-order valence-electron chi connectivity index (χ3n) is 4.41. The first-order chi connectivity index (χ1) is 13.8. The third kappa shape index (κ3) is 4.10. The average molecular weight is 400 g/mol. The molecule has 1 aromatic carbocycles. The molecule has 0 radical (unpaired) electrons. The molecule has 29 heavy (non-hydrogen) atoms. The first-order valence-corrected chi connectivity index (χ1v) is 8.99. The number of nitrogens with two attached hydrogens (primary N) is 1. The van der Waals surface area contributed by atoms with Crippen LogP contribution >= 0.6 is 0 Å². The second-order valence-corrected chi connectivity index (χ2v) is 6.57. The van der Waals surface area contributed by atoms with E-state index in [-0.39, 0.29) is 36.0 Å². The summed E-state index contributed by atoms with van der Waals surface area (Å²) in [5, 5.41) is 6.57. The van der Waals surface area contributed by atoms with Gasteiger partial charge in [0.1, 0.15) is 17.3 Å². The van der Waals surface area contributed by atoms with Gasteiger partial charge in [-0.25, -0.2) is 9.18 Å². The molecule has 2 heterocycles. The molecular formula is C19H21FN6O3. The lowest BCUT2D eigenvalue weighted by atomic mass is 10.2. The van der Waals surface area contributed by atoms with Gasteiger partial charge in [-0.1, -0.05) is 19.1 Å². The molecule has 0 bridgehead atoms. The summed E-state index contributed by atoms with van der Waals surface area (Å²) in [7, 11) is 1.43. The van der Waals surface area contributed by atoms with Crippen LogP contribution in [0.2, 0.25) is 0 Å². The van der Waals surface area contributed by atoms with Gasteiger partial charge in [0.25, 0.3) is 11.5 Å². The van der Waals surface area contributed by atoms with E-state index in [4.69, 9.17) is 5.73 Å². The Hall–Kier alpha value is -3.69. The summed E-state index contributed by atoms with van der Waals surface area (Å²) in [5.41, 5.74) is 5.38. The van der Waals surface area contributed by atoms with Crippen LogP contribution in [0.1, 0.15) is 29.3 Å². The van der Waals surface area contributed by atoms with Crippen LogP contribution < -0.4 is 22.3 Å². The lowest BCUT2D eigenvalue weighted by molar-refractivity contribution is 0.102. The number of rotatable bonds is 6. The molecule has 0 atom stereocenters. The number of carbonyl (C=O) groups is 1. The number of benzene rings is 1. The number of nitrogens with zero attached hydrogens (tertiary/aromatic N) is 4. The van der Waals surface area contributed by atoms with Gasteiger partial charge in [0.15, 0.2) is 0 Å². The van der Waals surface area contributed by atoms with Crippen LogP contribution in [-0.4, -0.2) is 24.8 Å². The smallest absolute Gasteiger partial charge is 0.332 e. The maximum absolute atomic E-state index is 13.3. The van der Waals surface area contributed by atoms with E-state index >= 15 is 0 Å². The number of carbonyl (C=O) groups excluding carboxylic acids is 1. The van der Waals surface area contributed by atoms with E-state index in [1.54, 1.807) is 12.1 Å². The van der Waals surface area contributed by atoms with Gasteiger partial charge in [0.05, 0.1) is 18.3 Å². The average Bonchev–Trinajstić information content (AvgIpc) is 3.15. The lowest BCUT2D eigenvalue weighted by Gasteiger charge is -2.13. The van der Waals surface area contributed by atoms with Crippen molar-refractivity contribution in [2.75, 3.05) is 11.1 Å². The summed E-state index contributed by atoms with van der Waals surface area (Å²) >= 11 is 0. The van der Waals surface area contributed by atoms with Gasteiger partial charge in [-0.3, -0.25) is 23.4 Å². The lowest BCUT2D eigenvalue weighted by Crippen LogP contribution is -2.41. The van der Waals surface area contributed by atoms with Crippen LogP contribution in [0, 0.1) is 5.82 Å². The SMILES string of the molecule is CCCn1c(=O)c(NC(=O)c2cnn(Cc3cccc(F)c3)c2)c(N)n(C)c1=O. The van der Waals surface area contributed by atoms with Gasteiger partial charge in [-0.2, -0.15) is 5.10 Å². The fourth-order valence-electron chi connectivity index (χ4n) is 2.90. The van der Waals surface area contributed by atoms with Crippen molar-refractivity contribution >= 4 is 17.4 Å².